The third-order valence-corrected chi connectivity index (χ3v) is 54.3. The molecule has 0 amide bonds. The molecule has 13 atom stereocenters. The minimum atomic E-state index is -1.83. The number of allylic oxidation sites excluding steroid dienone is 6. The number of pyridine rings is 1. The zero-order valence-electron chi connectivity index (χ0n) is 90.9. The molecular weight excluding hydrogens is 1860 g/mol. The molecule has 9 fully saturated rings. The SMILES string of the molecule is CC(=O)CC[C@@H]1C(=O)CC[C@]2(C)[C@@H](O[Si](C)(C)C(C)(C)C)CC[C@@H]12.CC(C)(C)[Si](C)(C)O[C@H]1CCC2=CC(=O)CC[C@@]21C.CC(C)(C)[Si](C)(C)O[C@H]1CC[C@H]2C3CCC(=O)C=C3CC[C@]12C.CC1(CCBr)OCCO1.CC1(CCC2=C3CC[C@H](O[Si](C)(C)C(C)(C)C)[C@@]3(C)CCC2=O)OCCO1.CCCBr.C[C@]12CCC(=O)C=C1CCC2=O.Cc1cc(C(C)(C)C)nc(C(C)(C)C)c1. The second-order valence-electron chi connectivity index (χ2n) is 51.5. The van der Waals surface area contributed by atoms with Crippen LogP contribution in [0.2, 0.25) is 72.5 Å². The first-order valence-corrected chi connectivity index (χ1v) is 65.6. The highest BCUT2D eigenvalue weighted by Gasteiger charge is 2.60. The maximum atomic E-state index is 12.8. The van der Waals surface area contributed by atoms with Gasteiger partial charge in [0.15, 0.2) is 68.0 Å². The Bertz CT molecular complexity index is 4280. The number of ether oxygens (including phenoxy) is 4. The molecule has 0 spiro atoms. The lowest BCUT2D eigenvalue weighted by Crippen LogP contribution is -2.50. The Kier molecular flexibility index (Phi) is 40.1. The van der Waals surface area contributed by atoms with Gasteiger partial charge in [0.25, 0.3) is 0 Å². The number of Topliss-reactive ketones (excluding diaryl/α,β-unsaturated/α-hetero) is 4. The van der Waals surface area contributed by atoms with Gasteiger partial charge in [-0.3, -0.25) is 33.8 Å². The lowest BCUT2D eigenvalue weighted by molar-refractivity contribution is -0.146. The lowest BCUT2D eigenvalue weighted by atomic mass is 9.59. The average molecular weight is 2050 g/mol. The Morgan fingerprint density at radius 2 is 0.880 bits per heavy atom. The van der Waals surface area contributed by atoms with Gasteiger partial charge in [-0.15, -0.1) is 0 Å². The first-order chi connectivity index (χ1) is 60.8. The van der Waals surface area contributed by atoms with E-state index in [9.17, 15) is 33.6 Å². The number of nitrogens with zero attached hydrogens (tertiary/aromatic N) is 1. The minimum absolute atomic E-state index is 0.0110. The molecule has 758 valence electrons. The van der Waals surface area contributed by atoms with E-state index >= 15 is 0 Å². The van der Waals surface area contributed by atoms with Crippen molar-refractivity contribution in [3.05, 3.63) is 75.2 Å². The van der Waals surface area contributed by atoms with Crippen LogP contribution in [0, 0.1) is 57.7 Å². The number of hydrogen-bond donors (Lipinski definition) is 0. The van der Waals surface area contributed by atoms with E-state index in [-0.39, 0.29) is 88.1 Å². The standard InChI is InChI=1S/C22H38O4Si.C20H36O3Si.C20H34O2Si.C16H28O2Si.C14H23N.C10H12O2.C6H11BrO2.C3H7Br/c1-20(2,3)27(6,7)26-19-9-8-17-16(18(23)11-12-21(17,19)4)10-13-22(5)24-14-15-25-22;1-14(21)8-9-15-16-10-11-18(20(16,5)13-12-17(15)22)23-24(6,7)19(2,3)4;1-19(2,3)23(5,6)22-18-10-9-17-16-8-7-15(21)13-14(16)11-12-20(17,18)4;1-15(2,3)19(5,6)18-14-8-7-12-11-13(17)9-10-16(12,14)4;1-10-8-11(13(2,3)4)15-12(9-10)14(5,6)7;1-10-5-4-8(11)6-7(10)2-3-9(10)12;1-6(2-3-7)8-4-5-9-6;1-2-3-4/h19H,8-15H2,1-7H3;15-16,18H,8-13H2,1-7H3;13,16-18H,7-12H2,1-6H3;11,14H,7-10H2,1-6H3;8-9H,1-7H3;6H,2-5H2,1H3;2-5H2,1H3;2-3H2,1H3/t19-,21-;15-,16-,18-,20-;16?,17-,18-,20-;14-,16-;;10-;;/m0000.0../s1. The predicted molar refractivity (Wildman–Crippen MR) is 564 cm³/mol. The zero-order valence-corrected chi connectivity index (χ0v) is 98.0. The van der Waals surface area contributed by atoms with Crippen LogP contribution in [-0.4, -0.2) is 152 Å². The number of aromatic nitrogens is 1. The smallest absolute Gasteiger partial charge is 0.192 e. The summed E-state index contributed by atoms with van der Waals surface area (Å²) in [6, 6.07) is 4.38. The molecule has 0 bridgehead atoms. The van der Waals surface area contributed by atoms with Crippen molar-refractivity contribution in [1.29, 1.82) is 0 Å². The number of ketones is 7. The van der Waals surface area contributed by atoms with Gasteiger partial charge in [0, 0.05) is 113 Å². The third-order valence-electron chi connectivity index (χ3n) is 35.2. The van der Waals surface area contributed by atoms with Gasteiger partial charge in [-0.05, 0) is 299 Å². The summed E-state index contributed by atoms with van der Waals surface area (Å²) in [5.41, 5.74) is 10.5. The molecule has 1 aromatic rings. The van der Waals surface area contributed by atoms with Gasteiger partial charge in [-0.1, -0.05) is 213 Å². The number of halogens is 2. The summed E-state index contributed by atoms with van der Waals surface area (Å²) in [6.45, 7) is 83.7. The Labute approximate surface area is 830 Å². The molecule has 3 heterocycles. The lowest BCUT2D eigenvalue weighted by Gasteiger charge is -2.49. The quantitative estimate of drug-likeness (QED) is 0.105. The van der Waals surface area contributed by atoms with Crippen molar-refractivity contribution in [1.82, 2.24) is 4.98 Å². The van der Waals surface area contributed by atoms with Crippen LogP contribution in [0.15, 0.2) is 58.2 Å². The number of fused-ring (bicyclic) bond motifs is 7. The fourth-order valence-electron chi connectivity index (χ4n) is 21.6. The molecule has 0 N–H and O–H groups in total. The highest BCUT2D eigenvalue weighted by molar-refractivity contribution is 9.09. The Morgan fingerprint density at radius 1 is 0.459 bits per heavy atom. The normalized spacial score (nSPS) is 30.3. The zero-order chi connectivity index (χ0) is 101. The van der Waals surface area contributed by atoms with Crippen LogP contribution in [0.1, 0.15) is 384 Å². The highest BCUT2D eigenvalue weighted by Crippen LogP contribution is 2.62. The van der Waals surface area contributed by atoms with Crippen LogP contribution in [0.4, 0.5) is 0 Å². The Hall–Kier alpha value is -2.69. The van der Waals surface area contributed by atoms with Crippen LogP contribution < -0.4 is 0 Å². The first kappa shape index (κ1) is 117. The number of carbonyl (C=O) groups is 7. The third kappa shape index (κ3) is 29.3. The summed E-state index contributed by atoms with van der Waals surface area (Å²) in [7, 11) is -7.08. The molecule has 2 saturated heterocycles. The fraction of sp³-hybridized carbons (Fsp3) is 0.820. The molecule has 1 unspecified atom stereocenters. The van der Waals surface area contributed by atoms with Gasteiger partial charge in [0.2, 0.25) is 0 Å². The molecule has 7 saturated carbocycles. The monoisotopic (exact) mass is 2050 g/mol. The van der Waals surface area contributed by atoms with Crippen LogP contribution in [-0.2, 0) is 81.0 Å². The summed E-state index contributed by atoms with van der Waals surface area (Å²) in [4.78, 5) is 87.3. The molecule has 2 aliphatic heterocycles. The molecule has 0 aromatic carbocycles. The van der Waals surface area contributed by atoms with E-state index in [1.807, 2.05) is 32.9 Å². The van der Waals surface area contributed by atoms with Crippen LogP contribution >= 0.6 is 31.9 Å². The number of hydrogen-bond acceptors (Lipinski definition) is 16. The number of aryl methyl sites for hydroxylation is 1. The second kappa shape index (κ2) is 45.5. The molecular formula is C111H189Br2NO15Si4. The van der Waals surface area contributed by atoms with Gasteiger partial charge in [0.1, 0.15) is 17.3 Å². The topological polar surface area (TPSA) is 206 Å². The number of rotatable bonds is 17. The molecule has 133 heavy (non-hydrogen) atoms. The average Bonchev–Trinajstić information content (AvgIpc) is 1.61. The molecule has 0 radical (unpaired) electrons. The van der Waals surface area contributed by atoms with Gasteiger partial charge in [0.05, 0.1) is 50.8 Å². The van der Waals surface area contributed by atoms with Crippen molar-refractivity contribution in [2.24, 2.45) is 50.7 Å². The van der Waals surface area contributed by atoms with E-state index in [2.05, 4.69) is 263 Å². The van der Waals surface area contributed by atoms with Gasteiger partial charge in [-0.25, -0.2) is 0 Å². The first-order valence-electron chi connectivity index (χ1n) is 51.7. The number of alkyl halides is 2. The summed E-state index contributed by atoms with van der Waals surface area (Å²) < 4.78 is 49.4. The van der Waals surface area contributed by atoms with Crippen molar-refractivity contribution >= 4 is 106 Å². The largest absolute Gasteiger partial charge is 0.413 e. The van der Waals surface area contributed by atoms with Gasteiger partial charge < -0.3 is 41.4 Å². The Balaban J connectivity index is 0.000000215. The van der Waals surface area contributed by atoms with E-state index in [4.69, 9.17) is 41.6 Å². The van der Waals surface area contributed by atoms with E-state index in [0.717, 1.165) is 157 Å². The van der Waals surface area contributed by atoms with E-state index < -0.39 is 39.1 Å². The number of carbonyl (C=O) groups excluding carboxylic acids is 7. The molecule has 16 nitrogen and oxygen atoms in total. The van der Waals surface area contributed by atoms with Gasteiger partial charge in [-0.2, -0.15) is 0 Å². The van der Waals surface area contributed by atoms with E-state index in [1.54, 1.807) is 13.0 Å². The van der Waals surface area contributed by atoms with E-state index in [0.29, 0.717) is 110 Å². The van der Waals surface area contributed by atoms with Gasteiger partial charge >= 0.3 is 0 Å². The summed E-state index contributed by atoms with van der Waals surface area (Å²) in [5.74, 6) is 3.09. The maximum absolute atomic E-state index is 12.8. The maximum Gasteiger partial charge on any atom is 0.192 e. The van der Waals surface area contributed by atoms with Crippen molar-refractivity contribution in [3.63, 3.8) is 0 Å². The predicted octanol–water partition coefficient (Wildman–Crippen LogP) is 29.4. The summed E-state index contributed by atoms with van der Waals surface area (Å²) in [6.07, 6.45) is 32.3. The highest BCUT2D eigenvalue weighted by atomic mass is 79.9. The molecule has 22 heteroatoms. The van der Waals surface area contributed by atoms with Crippen LogP contribution in [0.3, 0.4) is 0 Å². The van der Waals surface area contributed by atoms with Crippen LogP contribution in [0.5, 0.6) is 0 Å². The van der Waals surface area contributed by atoms with Crippen molar-refractivity contribution < 1.29 is 70.2 Å². The molecule has 1 aromatic heterocycles. The minimum Gasteiger partial charge on any atom is -0.413 e. The fourth-order valence-corrected chi connectivity index (χ4v) is 28.1. The Morgan fingerprint density at radius 3 is 1.35 bits per heavy atom. The molecule has 11 aliphatic carbocycles. The van der Waals surface area contributed by atoms with Crippen LogP contribution in [0.25, 0.3) is 0 Å². The van der Waals surface area contributed by atoms with Crippen molar-refractivity contribution in [3.8, 4) is 0 Å². The van der Waals surface area contributed by atoms with Crippen molar-refractivity contribution in [2.75, 3.05) is 37.1 Å². The second-order valence-corrected chi connectivity index (χ2v) is 72.1. The summed E-state index contributed by atoms with van der Waals surface area (Å²) >= 11 is 6.58. The molecule has 13 aliphatic rings. The summed E-state index contributed by atoms with van der Waals surface area (Å²) in [5, 5.41) is 3.00. The molecule has 14 rings (SSSR count). The van der Waals surface area contributed by atoms with E-state index in [1.165, 1.54) is 59.4 Å². The van der Waals surface area contributed by atoms with Crippen molar-refractivity contribution in [2.45, 2.75) is 493 Å².